The van der Waals surface area contributed by atoms with Crippen LogP contribution in [0.15, 0.2) is 18.3 Å². The fraction of sp³-hybridized carbons (Fsp3) is 0.529. The SMILES string of the molecule is COc1cc(OC)c2[nH]cc(C(NC(C)C)C(C)C)c2c1. The first-order valence-electron chi connectivity index (χ1n) is 7.47. The van der Waals surface area contributed by atoms with Gasteiger partial charge in [-0.05, 0) is 17.5 Å². The lowest BCUT2D eigenvalue weighted by molar-refractivity contribution is 0.383. The molecule has 0 fully saturated rings. The van der Waals surface area contributed by atoms with Crippen molar-refractivity contribution in [3.05, 3.63) is 23.9 Å². The van der Waals surface area contributed by atoms with E-state index in [1.54, 1.807) is 14.2 Å². The van der Waals surface area contributed by atoms with Crippen molar-refractivity contribution in [3.63, 3.8) is 0 Å². The molecule has 0 aliphatic heterocycles. The highest BCUT2D eigenvalue weighted by Crippen LogP contribution is 2.36. The zero-order chi connectivity index (χ0) is 15.6. The van der Waals surface area contributed by atoms with E-state index in [2.05, 4.69) is 50.3 Å². The maximum Gasteiger partial charge on any atom is 0.146 e. The van der Waals surface area contributed by atoms with Crippen LogP contribution >= 0.6 is 0 Å². The van der Waals surface area contributed by atoms with E-state index < -0.39 is 0 Å². The molecule has 0 saturated carbocycles. The highest BCUT2D eigenvalue weighted by molar-refractivity contribution is 5.90. The van der Waals surface area contributed by atoms with Gasteiger partial charge < -0.3 is 19.8 Å². The average Bonchev–Trinajstić information content (AvgIpc) is 2.86. The second-order valence-corrected chi connectivity index (χ2v) is 6.04. The van der Waals surface area contributed by atoms with Crippen molar-refractivity contribution in [2.75, 3.05) is 14.2 Å². The van der Waals surface area contributed by atoms with E-state index in [0.717, 1.165) is 22.4 Å². The Morgan fingerprint density at radius 3 is 2.29 bits per heavy atom. The summed E-state index contributed by atoms with van der Waals surface area (Å²) in [7, 11) is 3.36. The summed E-state index contributed by atoms with van der Waals surface area (Å²) >= 11 is 0. The third kappa shape index (κ3) is 3.16. The molecule has 0 spiro atoms. The summed E-state index contributed by atoms with van der Waals surface area (Å²) in [6.45, 7) is 8.81. The Kier molecular flexibility index (Phi) is 4.78. The molecule has 1 aromatic heterocycles. The number of aromatic nitrogens is 1. The number of nitrogens with one attached hydrogen (secondary N) is 2. The van der Waals surface area contributed by atoms with Crippen LogP contribution in [0.2, 0.25) is 0 Å². The molecule has 2 rings (SSSR count). The molecule has 2 aromatic rings. The highest BCUT2D eigenvalue weighted by atomic mass is 16.5. The molecule has 0 bridgehead atoms. The van der Waals surface area contributed by atoms with Crippen molar-refractivity contribution in [1.82, 2.24) is 10.3 Å². The molecule has 21 heavy (non-hydrogen) atoms. The number of ether oxygens (including phenoxy) is 2. The van der Waals surface area contributed by atoms with E-state index in [0.29, 0.717) is 12.0 Å². The molecule has 2 N–H and O–H groups in total. The maximum atomic E-state index is 5.47. The highest BCUT2D eigenvalue weighted by Gasteiger charge is 2.21. The van der Waals surface area contributed by atoms with Crippen molar-refractivity contribution in [2.45, 2.75) is 39.8 Å². The van der Waals surface area contributed by atoms with E-state index in [1.165, 1.54) is 5.56 Å². The lowest BCUT2D eigenvalue weighted by atomic mass is 9.94. The third-order valence-electron chi connectivity index (χ3n) is 3.73. The number of methoxy groups -OCH3 is 2. The summed E-state index contributed by atoms with van der Waals surface area (Å²) in [5.74, 6) is 2.11. The van der Waals surface area contributed by atoms with Crippen LogP contribution in [0.1, 0.15) is 39.3 Å². The zero-order valence-corrected chi connectivity index (χ0v) is 13.8. The van der Waals surface area contributed by atoms with Gasteiger partial charge in [-0.2, -0.15) is 0 Å². The van der Waals surface area contributed by atoms with Crippen LogP contribution in [0.3, 0.4) is 0 Å². The minimum absolute atomic E-state index is 0.288. The molecule has 0 aliphatic rings. The number of fused-ring (bicyclic) bond motifs is 1. The molecule has 0 radical (unpaired) electrons. The van der Waals surface area contributed by atoms with Crippen LogP contribution in [0.5, 0.6) is 11.5 Å². The summed E-state index contributed by atoms with van der Waals surface area (Å²) < 4.78 is 10.9. The maximum absolute atomic E-state index is 5.47. The van der Waals surface area contributed by atoms with Crippen LogP contribution in [0, 0.1) is 5.92 Å². The monoisotopic (exact) mass is 290 g/mol. The van der Waals surface area contributed by atoms with Gasteiger partial charge in [0.15, 0.2) is 0 Å². The molecule has 1 atom stereocenters. The first-order chi connectivity index (χ1) is 9.97. The minimum atomic E-state index is 0.288. The second kappa shape index (κ2) is 6.39. The number of aromatic amines is 1. The van der Waals surface area contributed by atoms with Crippen molar-refractivity contribution in [1.29, 1.82) is 0 Å². The Morgan fingerprint density at radius 2 is 1.76 bits per heavy atom. The lowest BCUT2D eigenvalue weighted by Gasteiger charge is -2.24. The van der Waals surface area contributed by atoms with Crippen LogP contribution in [0.25, 0.3) is 10.9 Å². The Bertz CT molecular complexity index is 602. The largest absolute Gasteiger partial charge is 0.497 e. The zero-order valence-electron chi connectivity index (χ0n) is 13.8. The van der Waals surface area contributed by atoms with Crippen molar-refractivity contribution in [3.8, 4) is 11.5 Å². The normalized spacial score (nSPS) is 13.1. The molecular weight excluding hydrogens is 264 g/mol. The van der Waals surface area contributed by atoms with Crippen molar-refractivity contribution in [2.24, 2.45) is 5.92 Å². The van der Waals surface area contributed by atoms with Gasteiger partial charge in [-0.25, -0.2) is 0 Å². The van der Waals surface area contributed by atoms with Crippen LogP contribution in [-0.2, 0) is 0 Å². The van der Waals surface area contributed by atoms with E-state index in [4.69, 9.17) is 9.47 Å². The fourth-order valence-electron chi connectivity index (χ4n) is 2.73. The smallest absolute Gasteiger partial charge is 0.146 e. The van der Waals surface area contributed by atoms with Gasteiger partial charge in [-0.15, -0.1) is 0 Å². The summed E-state index contributed by atoms with van der Waals surface area (Å²) in [5.41, 5.74) is 2.27. The lowest BCUT2D eigenvalue weighted by Crippen LogP contribution is -2.31. The van der Waals surface area contributed by atoms with E-state index in [-0.39, 0.29) is 6.04 Å². The Labute approximate surface area is 126 Å². The number of benzene rings is 1. The van der Waals surface area contributed by atoms with Gasteiger partial charge in [0.1, 0.15) is 11.5 Å². The predicted molar refractivity (Wildman–Crippen MR) is 87.3 cm³/mol. The van der Waals surface area contributed by atoms with Crippen LogP contribution in [0.4, 0.5) is 0 Å². The van der Waals surface area contributed by atoms with Gasteiger partial charge in [-0.3, -0.25) is 0 Å². The first-order valence-corrected chi connectivity index (χ1v) is 7.47. The third-order valence-corrected chi connectivity index (χ3v) is 3.73. The molecule has 0 aliphatic carbocycles. The number of rotatable bonds is 6. The number of hydrogen-bond acceptors (Lipinski definition) is 3. The number of H-pyrrole nitrogens is 1. The first kappa shape index (κ1) is 15.7. The van der Waals surface area contributed by atoms with Gasteiger partial charge in [0.25, 0.3) is 0 Å². The van der Waals surface area contributed by atoms with Gasteiger partial charge in [0.2, 0.25) is 0 Å². The minimum Gasteiger partial charge on any atom is -0.497 e. The Morgan fingerprint density at radius 1 is 1.05 bits per heavy atom. The summed E-state index contributed by atoms with van der Waals surface area (Å²) in [5, 5.41) is 4.80. The molecular formula is C17H26N2O2. The molecule has 0 saturated heterocycles. The molecule has 4 heteroatoms. The van der Waals surface area contributed by atoms with Crippen molar-refractivity contribution >= 4 is 10.9 Å². The fourth-order valence-corrected chi connectivity index (χ4v) is 2.73. The summed E-state index contributed by atoms with van der Waals surface area (Å²) in [6, 6.07) is 4.69. The molecule has 0 amide bonds. The molecule has 1 heterocycles. The Balaban J connectivity index is 2.57. The molecule has 1 aromatic carbocycles. The summed E-state index contributed by atoms with van der Waals surface area (Å²) in [6.07, 6.45) is 2.08. The topological polar surface area (TPSA) is 46.3 Å². The summed E-state index contributed by atoms with van der Waals surface area (Å²) in [4.78, 5) is 3.35. The van der Waals surface area contributed by atoms with E-state index >= 15 is 0 Å². The van der Waals surface area contributed by atoms with E-state index in [9.17, 15) is 0 Å². The van der Waals surface area contributed by atoms with Gasteiger partial charge in [0, 0.05) is 29.7 Å². The molecule has 4 nitrogen and oxygen atoms in total. The standard InChI is InChI=1S/C17H26N2O2/c1-10(2)16(19-11(3)4)14-9-18-17-13(14)7-12(20-5)8-15(17)21-6/h7-11,16,18-19H,1-6H3. The van der Waals surface area contributed by atoms with Gasteiger partial charge in [0.05, 0.1) is 19.7 Å². The predicted octanol–water partition coefficient (Wildman–Crippen LogP) is 3.88. The van der Waals surface area contributed by atoms with Crippen molar-refractivity contribution < 1.29 is 9.47 Å². The van der Waals surface area contributed by atoms with Gasteiger partial charge in [-0.1, -0.05) is 27.7 Å². The van der Waals surface area contributed by atoms with Crippen LogP contribution < -0.4 is 14.8 Å². The average molecular weight is 290 g/mol. The van der Waals surface area contributed by atoms with Crippen LogP contribution in [-0.4, -0.2) is 25.2 Å². The Hall–Kier alpha value is -1.68. The molecule has 116 valence electrons. The number of hydrogen-bond donors (Lipinski definition) is 2. The quantitative estimate of drug-likeness (QED) is 0.848. The van der Waals surface area contributed by atoms with E-state index in [1.807, 2.05) is 6.07 Å². The molecule has 1 unspecified atom stereocenters. The second-order valence-electron chi connectivity index (χ2n) is 6.04. The van der Waals surface area contributed by atoms with Gasteiger partial charge >= 0.3 is 0 Å².